The van der Waals surface area contributed by atoms with Crippen LogP contribution >= 0.6 is 0 Å². The van der Waals surface area contributed by atoms with Crippen LogP contribution in [-0.4, -0.2) is 46.6 Å². The summed E-state index contributed by atoms with van der Waals surface area (Å²) in [6.45, 7) is 4.04. The fourth-order valence-electron chi connectivity index (χ4n) is 7.67. The molecular weight excluding hydrogens is 448 g/mol. The summed E-state index contributed by atoms with van der Waals surface area (Å²) in [4.78, 5) is 18.3. The fourth-order valence-corrected chi connectivity index (χ4v) is 7.67. The molecule has 4 aliphatic rings. The zero-order chi connectivity index (χ0) is 24.2. The highest BCUT2D eigenvalue weighted by molar-refractivity contribution is 5.85. The lowest BCUT2D eigenvalue weighted by molar-refractivity contribution is -0.00274. The van der Waals surface area contributed by atoms with Gasteiger partial charge in [-0.2, -0.15) is 0 Å². The Balaban J connectivity index is 1.24. The molecule has 3 saturated heterocycles. The molecule has 1 aliphatic carbocycles. The van der Waals surface area contributed by atoms with E-state index >= 15 is 0 Å². The Morgan fingerprint density at radius 1 is 1.03 bits per heavy atom. The molecule has 36 heavy (non-hydrogen) atoms. The van der Waals surface area contributed by atoms with Crippen molar-refractivity contribution in [2.45, 2.75) is 57.2 Å². The van der Waals surface area contributed by atoms with Gasteiger partial charge in [0.25, 0.3) is 0 Å². The van der Waals surface area contributed by atoms with E-state index in [9.17, 15) is 9.90 Å². The second kappa shape index (κ2) is 8.89. The number of fused-ring (bicyclic) bond motifs is 7. The van der Waals surface area contributed by atoms with Crippen molar-refractivity contribution >= 4 is 11.0 Å². The van der Waals surface area contributed by atoms with Gasteiger partial charge in [-0.25, -0.2) is 4.79 Å². The molecule has 0 radical (unpaired) electrons. The maximum absolute atomic E-state index is 13.0. The fraction of sp³-hybridized carbons (Fsp3) is 0.452. The number of piperidine rings is 3. The van der Waals surface area contributed by atoms with E-state index in [0.29, 0.717) is 35.6 Å². The van der Waals surface area contributed by atoms with E-state index in [1.807, 2.05) is 42.5 Å². The van der Waals surface area contributed by atoms with Gasteiger partial charge in [0.2, 0.25) is 0 Å². The number of likely N-dealkylation sites (tertiary alicyclic amines) is 1. The SMILES string of the molecule is O=c1oc2c(CN3CCCC4=C[C@H]5C[C@@H](CN6CCCC[C@H]56)[C@@H]43)c(O)ccc2cc1-c1ccccc1. The molecule has 2 aromatic carbocycles. The number of hydrogen-bond donors (Lipinski definition) is 1. The van der Waals surface area contributed by atoms with Crippen LogP contribution in [-0.2, 0) is 6.54 Å². The van der Waals surface area contributed by atoms with E-state index in [1.54, 1.807) is 11.6 Å². The second-order valence-electron chi connectivity index (χ2n) is 11.3. The first-order chi connectivity index (χ1) is 17.7. The summed E-state index contributed by atoms with van der Waals surface area (Å²) < 4.78 is 5.92. The van der Waals surface area contributed by atoms with E-state index in [4.69, 9.17) is 4.42 Å². The van der Waals surface area contributed by atoms with Crippen molar-refractivity contribution in [2.24, 2.45) is 11.8 Å². The molecule has 5 nitrogen and oxygen atoms in total. The monoisotopic (exact) mass is 482 g/mol. The third kappa shape index (κ3) is 3.72. The summed E-state index contributed by atoms with van der Waals surface area (Å²) in [5, 5.41) is 11.8. The van der Waals surface area contributed by atoms with Gasteiger partial charge in [0, 0.05) is 30.6 Å². The predicted octanol–water partition coefficient (Wildman–Crippen LogP) is 5.56. The molecular formula is C31H34N2O3. The topological polar surface area (TPSA) is 56.9 Å². The van der Waals surface area contributed by atoms with Crippen molar-refractivity contribution < 1.29 is 9.52 Å². The number of rotatable bonds is 3. The van der Waals surface area contributed by atoms with Gasteiger partial charge in [0.15, 0.2) is 0 Å². The minimum atomic E-state index is -0.358. The Labute approximate surface area is 212 Å². The Kier molecular flexibility index (Phi) is 5.51. The Morgan fingerprint density at radius 3 is 2.81 bits per heavy atom. The lowest BCUT2D eigenvalue weighted by Crippen LogP contribution is -2.59. The summed E-state index contributed by atoms with van der Waals surface area (Å²) in [5.41, 5.74) is 3.91. The lowest BCUT2D eigenvalue weighted by Gasteiger charge is -2.54. The zero-order valence-corrected chi connectivity index (χ0v) is 20.7. The molecule has 5 heteroatoms. The van der Waals surface area contributed by atoms with Gasteiger partial charge < -0.3 is 9.52 Å². The number of nitrogens with zero attached hydrogens (tertiary/aromatic N) is 2. The van der Waals surface area contributed by atoms with Gasteiger partial charge in [0.05, 0.1) is 11.1 Å². The number of aromatic hydroxyl groups is 1. The van der Waals surface area contributed by atoms with E-state index in [-0.39, 0.29) is 11.4 Å². The Hall–Kier alpha value is -2.89. The molecule has 4 atom stereocenters. The summed E-state index contributed by atoms with van der Waals surface area (Å²) >= 11 is 0. The molecule has 0 saturated carbocycles. The third-order valence-corrected chi connectivity index (χ3v) is 9.19. The normalized spacial score (nSPS) is 28.4. The van der Waals surface area contributed by atoms with Crippen LogP contribution in [0.25, 0.3) is 22.1 Å². The van der Waals surface area contributed by atoms with E-state index < -0.39 is 0 Å². The lowest BCUT2D eigenvalue weighted by atomic mass is 9.68. The summed E-state index contributed by atoms with van der Waals surface area (Å²) in [7, 11) is 0. The molecule has 3 aromatic rings. The van der Waals surface area contributed by atoms with Crippen LogP contribution in [0.5, 0.6) is 5.75 Å². The molecule has 3 fully saturated rings. The molecule has 0 unspecified atom stereocenters. The van der Waals surface area contributed by atoms with Crippen molar-refractivity contribution in [3.05, 3.63) is 76.2 Å². The largest absolute Gasteiger partial charge is 0.507 e. The van der Waals surface area contributed by atoms with Gasteiger partial charge in [-0.3, -0.25) is 9.80 Å². The van der Waals surface area contributed by atoms with Crippen LogP contribution in [0.15, 0.2) is 69.4 Å². The minimum absolute atomic E-state index is 0.211. The minimum Gasteiger partial charge on any atom is -0.507 e. The molecule has 0 amide bonds. The van der Waals surface area contributed by atoms with Crippen molar-refractivity contribution in [2.75, 3.05) is 19.6 Å². The van der Waals surface area contributed by atoms with Crippen LogP contribution < -0.4 is 5.63 Å². The first-order valence-corrected chi connectivity index (χ1v) is 13.7. The van der Waals surface area contributed by atoms with E-state index in [1.165, 1.54) is 45.2 Å². The number of phenolic OH excluding ortho intramolecular Hbond substituents is 1. The van der Waals surface area contributed by atoms with Gasteiger partial charge in [0.1, 0.15) is 11.3 Å². The molecule has 3 aliphatic heterocycles. The molecule has 1 aromatic heterocycles. The predicted molar refractivity (Wildman–Crippen MR) is 142 cm³/mol. The molecule has 2 bridgehead atoms. The van der Waals surface area contributed by atoms with Crippen LogP contribution in [0, 0.1) is 11.8 Å². The molecule has 7 rings (SSSR count). The van der Waals surface area contributed by atoms with Gasteiger partial charge in [-0.1, -0.05) is 48.4 Å². The highest BCUT2D eigenvalue weighted by atomic mass is 16.4. The summed E-state index contributed by atoms with van der Waals surface area (Å²) in [6, 6.07) is 16.3. The van der Waals surface area contributed by atoms with Crippen molar-refractivity contribution in [1.82, 2.24) is 9.80 Å². The zero-order valence-electron chi connectivity index (χ0n) is 20.7. The van der Waals surface area contributed by atoms with Crippen molar-refractivity contribution in [3.63, 3.8) is 0 Å². The molecule has 186 valence electrons. The van der Waals surface area contributed by atoms with E-state index in [0.717, 1.165) is 35.5 Å². The maximum atomic E-state index is 13.0. The first kappa shape index (κ1) is 22.3. The highest BCUT2D eigenvalue weighted by Gasteiger charge is 2.46. The van der Waals surface area contributed by atoms with Crippen LogP contribution in [0.2, 0.25) is 0 Å². The maximum Gasteiger partial charge on any atom is 0.344 e. The van der Waals surface area contributed by atoms with Gasteiger partial charge >= 0.3 is 5.63 Å². The Bertz CT molecular complexity index is 1380. The van der Waals surface area contributed by atoms with Gasteiger partial charge in [-0.15, -0.1) is 0 Å². The number of hydrogen-bond acceptors (Lipinski definition) is 5. The highest BCUT2D eigenvalue weighted by Crippen LogP contribution is 2.45. The Morgan fingerprint density at radius 2 is 1.92 bits per heavy atom. The first-order valence-electron chi connectivity index (χ1n) is 13.7. The molecule has 0 spiro atoms. The van der Waals surface area contributed by atoms with Crippen molar-refractivity contribution in [1.29, 1.82) is 0 Å². The molecule has 1 N–H and O–H groups in total. The summed E-state index contributed by atoms with van der Waals surface area (Å²) in [5.74, 6) is 1.55. The summed E-state index contributed by atoms with van der Waals surface area (Å²) in [6.07, 6.45) is 10.3. The number of benzene rings is 2. The van der Waals surface area contributed by atoms with Crippen LogP contribution in [0.4, 0.5) is 0 Å². The standard InChI is InChI=1S/C31H34N2O3/c34-28-12-11-22-17-25(20-7-2-1-3-8-20)31(35)36-30(22)26(28)19-33-14-6-9-21-15-23-16-24(29(21)33)18-32-13-5-4-10-27(23)32/h1-3,7-8,11-12,15,17,23-24,27,29,34H,4-6,9-10,13-14,16,18-19H2/t23-,24-,27+,29+/m0/s1. The number of phenols is 1. The average molecular weight is 483 g/mol. The average Bonchev–Trinajstić information content (AvgIpc) is 2.91. The quantitative estimate of drug-likeness (QED) is 0.391. The van der Waals surface area contributed by atoms with Crippen LogP contribution in [0.1, 0.15) is 44.1 Å². The van der Waals surface area contributed by atoms with Gasteiger partial charge in [-0.05, 0) is 80.8 Å². The van der Waals surface area contributed by atoms with Crippen molar-refractivity contribution in [3.8, 4) is 16.9 Å². The van der Waals surface area contributed by atoms with E-state index in [2.05, 4.69) is 15.9 Å². The third-order valence-electron chi connectivity index (χ3n) is 9.19. The molecule has 4 heterocycles. The smallest absolute Gasteiger partial charge is 0.344 e. The second-order valence-corrected chi connectivity index (χ2v) is 11.3. The van der Waals surface area contributed by atoms with Crippen LogP contribution in [0.3, 0.4) is 0 Å².